The summed E-state index contributed by atoms with van der Waals surface area (Å²) < 4.78 is 1.47. The van der Waals surface area contributed by atoms with E-state index in [2.05, 4.69) is 15.5 Å². The number of pyridine rings is 1. The van der Waals surface area contributed by atoms with Crippen LogP contribution in [0.2, 0.25) is 5.02 Å². The van der Waals surface area contributed by atoms with Gasteiger partial charge in [0.2, 0.25) is 0 Å². The fourth-order valence-electron chi connectivity index (χ4n) is 2.99. The van der Waals surface area contributed by atoms with Crippen molar-refractivity contribution < 1.29 is 9.59 Å². The molecule has 0 unspecified atom stereocenters. The quantitative estimate of drug-likeness (QED) is 0.244. The van der Waals surface area contributed by atoms with Crippen molar-refractivity contribution in [2.75, 3.05) is 5.43 Å². The standard InChI is InChI=1S/C22H18ClN7O2/c23-16-10-8-15(9-11-16)19-13-20(29(28-19)18-6-2-1-3-7-18)21(31)30(22(32)26-24)27-17-5-4-12-25-14-17/h1-14,27H,24H2,(H,26,32). The molecule has 2 aromatic carbocycles. The lowest BCUT2D eigenvalue weighted by atomic mass is 10.1. The molecule has 9 nitrogen and oxygen atoms in total. The number of para-hydroxylation sites is 1. The topological polar surface area (TPSA) is 118 Å². The molecular weight excluding hydrogens is 430 g/mol. The second-order valence-electron chi connectivity index (χ2n) is 6.61. The second-order valence-corrected chi connectivity index (χ2v) is 7.05. The Bertz CT molecular complexity index is 1230. The third kappa shape index (κ3) is 4.43. The van der Waals surface area contributed by atoms with Crippen LogP contribution in [0.15, 0.2) is 85.2 Å². The average Bonchev–Trinajstić information content (AvgIpc) is 3.29. The zero-order valence-electron chi connectivity index (χ0n) is 16.6. The molecule has 2 heterocycles. The number of carbonyl (C=O) groups excluding carboxylic acids is 2. The van der Waals surface area contributed by atoms with Gasteiger partial charge in [-0.2, -0.15) is 10.1 Å². The van der Waals surface area contributed by atoms with E-state index in [-0.39, 0.29) is 5.69 Å². The first-order chi connectivity index (χ1) is 15.6. The molecule has 0 spiro atoms. The summed E-state index contributed by atoms with van der Waals surface area (Å²) in [5.41, 5.74) is 7.21. The van der Waals surface area contributed by atoms with Crippen LogP contribution < -0.4 is 16.7 Å². The Kier molecular flexibility index (Phi) is 6.11. The molecule has 4 aromatic rings. The highest BCUT2D eigenvalue weighted by molar-refractivity contribution is 6.30. The maximum absolute atomic E-state index is 13.5. The van der Waals surface area contributed by atoms with Crippen LogP contribution in [0.3, 0.4) is 0 Å². The predicted octanol–water partition coefficient (Wildman–Crippen LogP) is 3.64. The number of rotatable bonds is 5. The van der Waals surface area contributed by atoms with Crippen LogP contribution in [-0.4, -0.2) is 31.7 Å². The first kappa shape index (κ1) is 21.0. The molecule has 4 N–H and O–H groups in total. The summed E-state index contributed by atoms with van der Waals surface area (Å²) in [6.07, 6.45) is 3.04. The number of imide groups is 1. The predicted molar refractivity (Wildman–Crippen MR) is 121 cm³/mol. The molecule has 0 atom stereocenters. The molecule has 10 heteroatoms. The lowest BCUT2D eigenvalue weighted by molar-refractivity contribution is 0.0821. The molecule has 0 saturated carbocycles. The fraction of sp³-hybridized carbons (Fsp3) is 0. The smallest absolute Gasteiger partial charge is 0.285 e. The zero-order chi connectivity index (χ0) is 22.5. The molecule has 0 saturated heterocycles. The zero-order valence-corrected chi connectivity index (χ0v) is 17.4. The number of urea groups is 1. The molecule has 4 rings (SSSR count). The van der Waals surface area contributed by atoms with E-state index in [1.54, 1.807) is 60.8 Å². The van der Waals surface area contributed by atoms with Gasteiger partial charge in [-0.1, -0.05) is 41.9 Å². The molecule has 32 heavy (non-hydrogen) atoms. The molecule has 2 aromatic heterocycles. The number of benzene rings is 2. The van der Waals surface area contributed by atoms with E-state index >= 15 is 0 Å². The van der Waals surface area contributed by atoms with Gasteiger partial charge in [-0.05, 0) is 42.5 Å². The van der Waals surface area contributed by atoms with E-state index in [4.69, 9.17) is 17.4 Å². The number of amides is 3. The molecule has 0 fully saturated rings. The third-order valence-corrected chi connectivity index (χ3v) is 4.75. The number of nitrogens with one attached hydrogen (secondary N) is 2. The van der Waals surface area contributed by atoms with Crippen molar-refractivity contribution in [1.29, 1.82) is 0 Å². The van der Waals surface area contributed by atoms with Gasteiger partial charge in [0.1, 0.15) is 5.69 Å². The Morgan fingerprint density at radius 2 is 1.75 bits per heavy atom. The molecule has 0 bridgehead atoms. The van der Waals surface area contributed by atoms with Crippen LogP contribution in [0.1, 0.15) is 10.5 Å². The van der Waals surface area contributed by atoms with Crippen LogP contribution >= 0.6 is 11.6 Å². The van der Waals surface area contributed by atoms with Gasteiger partial charge in [-0.15, -0.1) is 0 Å². The molecule has 0 aliphatic carbocycles. The first-order valence-electron chi connectivity index (χ1n) is 9.50. The minimum absolute atomic E-state index is 0.140. The molecule has 0 aliphatic rings. The summed E-state index contributed by atoms with van der Waals surface area (Å²) in [4.78, 5) is 29.9. The summed E-state index contributed by atoms with van der Waals surface area (Å²) in [6.45, 7) is 0. The summed E-state index contributed by atoms with van der Waals surface area (Å²) >= 11 is 6.00. The summed E-state index contributed by atoms with van der Waals surface area (Å²) in [6, 6.07) is 20.2. The number of aromatic nitrogens is 3. The Hall–Kier alpha value is -4.21. The van der Waals surface area contributed by atoms with Crippen LogP contribution in [-0.2, 0) is 0 Å². The lowest BCUT2D eigenvalue weighted by Crippen LogP contribution is -2.50. The van der Waals surface area contributed by atoms with Crippen molar-refractivity contribution in [3.63, 3.8) is 0 Å². The number of hydrogen-bond acceptors (Lipinski definition) is 6. The van der Waals surface area contributed by atoms with Crippen LogP contribution in [0.25, 0.3) is 16.9 Å². The Labute approximate surface area is 188 Å². The van der Waals surface area contributed by atoms with Crippen molar-refractivity contribution >= 4 is 29.2 Å². The largest absolute Gasteiger partial charge is 0.357 e. The molecular formula is C22H18ClN7O2. The van der Waals surface area contributed by atoms with Gasteiger partial charge in [0.15, 0.2) is 0 Å². The van der Waals surface area contributed by atoms with Gasteiger partial charge in [0.05, 0.1) is 23.3 Å². The first-order valence-corrected chi connectivity index (χ1v) is 9.88. The van der Waals surface area contributed by atoms with Gasteiger partial charge in [0.25, 0.3) is 5.91 Å². The third-order valence-electron chi connectivity index (χ3n) is 4.50. The number of nitrogens with zero attached hydrogens (tertiary/aromatic N) is 4. The molecule has 0 radical (unpaired) electrons. The van der Waals surface area contributed by atoms with E-state index in [9.17, 15) is 9.59 Å². The number of anilines is 1. The summed E-state index contributed by atoms with van der Waals surface area (Å²) in [5, 5.41) is 5.94. The van der Waals surface area contributed by atoms with Crippen molar-refractivity contribution in [3.8, 4) is 16.9 Å². The van der Waals surface area contributed by atoms with E-state index in [0.29, 0.717) is 22.1 Å². The number of hydrogen-bond donors (Lipinski definition) is 3. The summed E-state index contributed by atoms with van der Waals surface area (Å²) in [7, 11) is 0. The van der Waals surface area contributed by atoms with Crippen LogP contribution in [0, 0.1) is 0 Å². The Balaban J connectivity index is 1.79. The van der Waals surface area contributed by atoms with Crippen molar-refractivity contribution in [2.45, 2.75) is 0 Å². The average molecular weight is 448 g/mol. The maximum Gasteiger partial charge on any atom is 0.357 e. The van der Waals surface area contributed by atoms with Gasteiger partial charge < -0.3 is 0 Å². The minimum Gasteiger partial charge on any atom is -0.285 e. The van der Waals surface area contributed by atoms with Gasteiger partial charge in [-0.3, -0.25) is 20.6 Å². The van der Waals surface area contributed by atoms with E-state index in [1.165, 1.54) is 10.9 Å². The molecule has 0 aliphatic heterocycles. The maximum atomic E-state index is 13.5. The number of hydrazine groups is 2. The lowest BCUT2D eigenvalue weighted by Gasteiger charge is -2.21. The SMILES string of the molecule is NNC(=O)N(Nc1cccnc1)C(=O)c1cc(-c2ccc(Cl)cc2)nn1-c1ccccc1. The number of carbonyl (C=O) groups is 2. The fourth-order valence-corrected chi connectivity index (χ4v) is 3.12. The Morgan fingerprint density at radius 1 is 1.00 bits per heavy atom. The van der Waals surface area contributed by atoms with Gasteiger partial charge in [-0.25, -0.2) is 15.3 Å². The van der Waals surface area contributed by atoms with E-state index in [1.807, 2.05) is 23.6 Å². The highest BCUT2D eigenvalue weighted by Gasteiger charge is 2.28. The minimum atomic E-state index is -0.854. The highest BCUT2D eigenvalue weighted by atomic mass is 35.5. The van der Waals surface area contributed by atoms with Crippen LogP contribution in [0.5, 0.6) is 0 Å². The normalized spacial score (nSPS) is 10.4. The van der Waals surface area contributed by atoms with E-state index < -0.39 is 11.9 Å². The monoisotopic (exact) mass is 447 g/mol. The molecule has 3 amide bonds. The second kappa shape index (κ2) is 9.29. The van der Waals surface area contributed by atoms with Gasteiger partial charge in [0, 0.05) is 16.8 Å². The van der Waals surface area contributed by atoms with E-state index in [0.717, 1.165) is 10.6 Å². The summed E-state index contributed by atoms with van der Waals surface area (Å²) in [5.74, 6) is 4.65. The highest BCUT2D eigenvalue weighted by Crippen LogP contribution is 2.24. The Morgan fingerprint density at radius 3 is 2.41 bits per heavy atom. The number of halogens is 1. The van der Waals surface area contributed by atoms with Crippen molar-refractivity contribution in [3.05, 3.63) is 95.9 Å². The van der Waals surface area contributed by atoms with Crippen LogP contribution in [0.4, 0.5) is 10.5 Å². The van der Waals surface area contributed by atoms with Crippen molar-refractivity contribution in [1.82, 2.24) is 25.2 Å². The van der Waals surface area contributed by atoms with Crippen molar-refractivity contribution in [2.24, 2.45) is 5.84 Å². The number of nitrogens with two attached hydrogens (primary N) is 1. The molecule has 160 valence electrons. The van der Waals surface area contributed by atoms with Gasteiger partial charge >= 0.3 is 6.03 Å².